The molecule has 0 unspecified atom stereocenters. The largest absolute Gasteiger partial charge is 0.372 e. The topological polar surface area (TPSA) is 35.6 Å². The first-order chi connectivity index (χ1) is 9.22. The van der Waals surface area contributed by atoms with Crippen LogP contribution in [0.15, 0.2) is 24.3 Å². The molecule has 0 aromatic heterocycles. The van der Waals surface area contributed by atoms with Crippen LogP contribution in [0, 0.1) is 0 Å². The molecule has 1 fully saturated rings. The molecule has 1 saturated heterocycles. The summed E-state index contributed by atoms with van der Waals surface area (Å²) in [5, 5.41) is 2.88. The molecular weight excluding hydrogens is 238 g/mol. The van der Waals surface area contributed by atoms with Crippen LogP contribution in [0.25, 0.3) is 0 Å². The van der Waals surface area contributed by atoms with Crippen molar-refractivity contribution in [2.45, 2.75) is 26.2 Å². The summed E-state index contributed by atoms with van der Waals surface area (Å²) in [5.74, 6) is 0. The monoisotopic (exact) mass is 261 g/mol. The Hall–Kier alpha value is -1.71. The fraction of sp³-hybridized carbons (Fsp3) is 0.533. The number of nitrogens with zero attached hydrogens (tertiary/aromatic N) is 2. The van der Waals surface area contributed by atoms with Crippen molar-refractivity contribution < 1.29 is 4.79 Å². The number of carbonyl (C=O) groups excluding carboxylic acids is 1. The van der Waals surface area contributed by atoms with E-state index in [0.29, 0.717) is 0 Å². The molecule has 1 aromatic carbocycles. The highest BCUT2D eigenvalue weighted by Gasteiger charge is 2.13. The van der Waals surface area contributed by atoms with Gasteiger partial charge in [-0.05, 0) is 43.5 Å². The van der Waals surface area contributed by atoms with Crippen LogP contribution in [0.4, 0.5) is 16.2 Å². The quantitative estimate of drug-likeness (QED) is 0.904. The van der Waals surface area contributed by atoms with Crippen LogP contribution < -0.4 is 15.1 Å². The van der Waals surface area contributed by atoms with Gasteiger partial charge in [-0.3, -0.25) is 4.90 Å². The molecule has 0 spiro atoms. The number of amides is 2. The Morgan fingerprint density at radius 1 is 1.26 bits per heavy atom. The van der Waals surface area contributed by atoms with E-state index in [1.165, 1.54) is 18.5 Å². The van der Waals surface area contributed by atoms with Crippen molar-refractivity contribution in [1.29, 1.82) is 0 Å². The van der Waals surface area contributed by atoms with E-state index in [-0.39, 0.29) is 6.03 Å². The average Bonchev–Trinajstić information content (AvgIpc) is 2.98. The Morgan fingerprint density at radius 2 is 1.89 bits per heavy atom. The van der Waals surface area contributed by atoms with Crippen molar-refractivity contribution in [3.8, 4) is 0 Å². The smallest absolute Gasteiger partial charge is 0.321 e. The molecule has 4 heteroatoms. The second kappa shape index (κ2) is 6.45. The highest BCUT2D eigenvalue weighted by molar-refractivity contribution is 5.91. The average molecular weight is 261 g/mol. The van der Waals surface area contributed by atoms with E-state index in [0.717, 1.165) is 31.7 Å². The minimum absolute atomic E-state index is 0.0456. The van der Waals surface area contributed by atoms with Gasteiger partial charge < -0.3 is 10.2 Å². The van der Waals surface area contributed by atoms with Crippen LogP contribution in [0.5, 0.6) is 0 Å². The second-order valence-corrected chi connectivity index (χ2v) is 5.00. The van der Waals surface area contributed by atoms with Gasteiger partial charge in [0.1, 0.15) is 0 Å². The van der Waals surface area contributed by atoms with Crippen molar-refractivity contribution in [3.05, 3.63) is 24.3 Å². The van der Waals surface area contributed by atoms with Gasteiger partial charge in [0.15, 0.2) is 0 Å². The van der Waals surface area contributed by atoms with E-state index < -0.39 is 0 Å². The predicted octanol–water partition coefficient (Wildman–Crippen LogP) is 2.84. The van der Waals surface area contributed by atoms with Crippen molar-refractivity contribution in [3.63, 3.8) is 0 Å². The third-order valence-electron chi connectivity index (χ3n) is 3.54. The van der Waals surface area contributed by atoms with Crippen molar-refractivity contribution in [1.82, 2.24) is 5.32 Å². The van der Waals surface area contributed by atoms with Crippen LogP contribution in [0.3, 0.4) is 0 Å². The van der Waals surface area contributed by atoms with Gasteiger partial charge >= 0.3 is 6.03 Å². The molecule has 1 N–H and O–H groups in total. The van der Waals surface area contributed by atoms with Crippen LogP contribution in [-0.4, -0.2) is 32.7 Å². The molecule has 2 amide bonds. The van der Waals surface area contributed by atoms with E-state index in [4.69, 9.17) is 0 Å². The lowest BCUT2D eigenvalue weighted by Crippen LogP contribution is -2.37. The van der Waals surface area contributed by atoms with Crippen LogP contribution in [0.2, 0.25) is 0 Å². The standard InChI is InChI=1S/C15H23N3O/c1-3-10-16-15(19)17(2)13-6-8-14(9-7-13)18-11-4-5-12-18/h6-9H,3-5,10-12H2,1-2H3,(H,16,19). The van der Waals surface area contributed by atoms with Crippen molar-refractivity contribution in [2.24, 2.45) is 0 Å². The van der Waals surface area contributed by atoms with E-state index in [1.54, 1.807) is 11.9 Å². The summed E-state index contributed by atoms with van der Waals surface area (Å²) < 4.78 is 0. The summed E-state index contributed by atoms with van der Waals surface area (Å²) in [6.45, 7) is 5.05. The molecule has 0 atom stereocenters. The zero-order valence-corrected chi connectivity index (χ0v) is 11.9. The minimum Gasteiger partial charge on any atom is -0.372 e. The van der Waals surface area contributed by atoms with Crippen molar-refractivity contribution in [2.75, 3.05) is 36.5 Å². The number of rotatable bonds is 4. The van der Waals surface area contributed by atoms with Gasteiger partial charge in [0.25, 0.3) is 0 Å². The third kappa shape index (κ3) is 3.40. The van der Waals surface area contributed by atoms with Crippen LogP contribution in [-0.2, 0) is 0 Å². The maximum atomic E-state index is 11.8. The highest BCUT2D eigenvalue weighted by Crippen LogP contribution is 2.23. The Kier molecular flexibility index (Phi) is 4.66. The summed E-state index contributed by atoms with van der Waals surface area (Å²) in [6.07, 6.45) is 3.51. The first-order valence-corrected chi connectivity index (χ1v) is 7.09. The van der Waals surface area contributed by atoms with E-state index >= 15 is 0 Å². The molecule has 2 rings (SSSR count). The van der Waals surface area contributed by atoms with Gasteiger partial charge in [0, 0.05) is 38.1 Å². The number of carbonyl (C=O) groups is 1. The minimum atomic E-state index is -0.0456. The lowest BCUT2D eigenvalue weighted by atomic mass is 10.2. The maximum Gasteiger partial charge on any atom is 0.321 e. The summed E-state index contributed by atoms with van der Waals surface area (Å²) in [7, 11) is 1.80. The summed E-state index contributed by atoms with van der Waals surface area (Å²) >= 11 is 0. The molecule has 0 saturated carbocycles. The Balaban J connectivity index is 1.98. The van der Waals surface area contributed by atoms with E-state index in [2.05, 4.69) is 22.3 Å². The van der Waals surface area contributed by atoms with E-state index in [9.17, 15) is 4.79 Å². The van der Waals surface area contributed by atoms with Crippen LogP contribution >= 0.6 is 0 Å². The van der Waals surface area contributed by atoms with Gasteiger partial charge in [0.05, 0.1) is 0 Å². The van der Waals surface area contributed by atoms with Gasteiger partial charge in [-0.25, -0.2) is 4.79 Å². The molecule has 1 aliphatic heterocycles. The number of anilines is 2. The normalized spacial score (nSPS) is 14.5. The van der Waals surface area contributed by atoms with E-state index in [1.807, 2.05) is 19.1 Å². The lowest BCUT2D eigenvalue weighted by molar-refractivity contribution is 0.247. The summed E-state index contributed by atoms with van der Waals surface area (Å²) in [5.41, 5.74) is 2.18. The molecular formula is C15H23N3O. The maximum absolute atomic E-state index is 11.8. The number of nitrogens with one attached hydrogen (secondary N) is 1. The van der Waals surface area contributed by atoms with Gasteiger partial charge in [-0.1, -0.05) is 6.92 Å². The first-order valence-electron chi connectivity index (χ1n) is 7.09. The number of hydrogen-bond donors (Lipinski definition) is 1. The summed E-state index contributed by atoms with van der Waals surface area (Å²) in [4.78, 5) is 15.9. The van der Waals surface area contributed by atoms with Crippen LogP contribution in [0.1, 0.15) is 26.2 Å². The van der Waals surface area contributed by atoms with Gasteiger partial charge in [-0.2, -0.15) is 0 Å². The first kappa shape index (κ1) is 13.7. The van der Waals surface area contributed by atoms with Crippen molar-refractivity contribution >= 4 is 17.4 Å². The molecule has 1 heterocycles. The molecule has 1 aromatic rings. The Morgan fingerprint density at radius 3 is 2.47 bits per heavy atom. The number of hydrogen-bond acceptors (Lipinski definition) is 2. The SMILES string of the molecule is CCCNC(=O)N(C)c1ccc(N2CCCC2)cc1. The third-order valence-corrected chi connectivity index (χ3v) is 3.54. The fourth-order valence-corrected chi connectivity index (χ4v) is 2.33. The number of benzene rings is 1. The molecule has 0 radical (unpaired) electrons. The Labute approximate surface area is 115 Å². The summed E-state index contributed by atoms with van der Waals surface area (Å²) in [6, 6.07) is 8.18. The second-order valence-electron chi connectivity index (χ2n) is 5.00. The van der Waals surface area contributed by atoms with Gasteiger partial charge in [0.2, 0.25) is 0 Å². The highest BCUT2D eigenvalue weighted by atomic mass is 16.2. The fourth-order valence-electron chi connectivity index (χ4n) is 2.33. The molecule has 104 valence electrons. The Bertz CT molecular complexity index is 410. The predicted molar refractivity (Wildman–Crippen MR) is 80.0 cm³/mol. The zero-order chi connectivity index (χ0) is 13.7. The molecule has 0 aliphatic carbocycles. The number of urea groups is 1. The molecule has 4 nitrogen and oxygen atoms in total. The lowest BCUT2D eigenvalue weighted by Gasteiger charge is -2.21. The zero-order valence-electron chi connectivity index (χ0n) is 11.9. The van der Waals surface area contributed by atoms with Gasteiger partial charge in [-0.15, -0.1) is 0 Å². The molecule has 1 aliphatic rings. The molecule has 0 bridgehead atoms. The molecule has 19 heavy (non-hydrogen) atoms.